The second-order valence-corrected chi connectivity index (χ2v) is 5.43. The van der Waals surface area contributed by atoms with E-state index in [2.05, 4.69) is 47.8 Å². The SMILES string of the molecule is COc1cccc(CCNC2Cc3ccccc3C2)c1. The third-order valence-corrected chi connectivity index (χ3v) is 4.03. The van der Waals surface area contributed by atoms with Gasteiger partial charge < -0.3 is 10.1 Å². The van der Waals surface area contributed by atoms with Crippen LogP contribution in [0.3, 0.4) is 0 Å². The van der Waals surface area contributed by atoms with E-state index in [0.717, 1.165) is 31.6 Å². The van der Waals surface area contributed by atoms with Crippen LogP contribution in [0.1, 0.15) is 16.7 Å². The highest BCUT2D eigenvalue weighted by Gasteiger charge is 2.19. The van der Waals surface area contributed by atoms with Gasteiger partial charge in [-0.25, -0.2) is 0 Å². The lowest BCUT2D eigenvalue weighted by atomic mass is 10.1. The molecule has 0 aliphatic heterocycles. The Labute approximate surface area is 120 Å². The second-order valence-electron chi connectivity index (χ2n) is 5.43. The number of nitrogens with one attached hydrogen (secondary N) is 1. The number of hydrogen-bond donors (Lipinski definition) is 1. The van der Waals surface area contributed by atoms with Gasteiger partial charge in [0.2, 0.25) is 0 Å². The molecule has 0 heterocycles. The van der Waals surface area contributed by atoms with Gasteiger partial charge in [0.1, 0.15) is 5.75 Å². The third kappa shape index (κ3) is 3.02. The van der Waals surface area contributed by atoms with Crippen LogP contribution in [0, 0.1) is 0 Å². The molecule has 0 unspecified atom stereocenters. The fourth-order valence-electron chi connectivity index (χ4n) is 2.95. The molecule has 0 atom stereocenters. The summed E-state index contributed by atoms with van der Waals surface area (Å²) in [6, 6.07) is 17.7. The first kappa shape index (κ1) is 13.2. The first-order chi connectivity index (χ1) is 9.85. The molecule has 0 amide bonds. The first-order valence-electron chi connectivity index (χ1n) is 7.28. The molecule has 1 aliphatic rings. The minimum Gasteiger partial charge on any atom is -0.497 e. The van der Waals surface area contributed by atoms with Gasteiger partial charge in [-0.3, -0.25) is 0 Å². The van der Waals surface area contributed by atoms with E-state index in [1.807, 2.05) is 6.07 Å². The van der Waals surface area contributed by atoms with Crippen molar-refractivity contribution in [2.45, 2.75) is 25.3 Å². The van der Waals surface area contributed by atoms with E-state index in [1.165, 1.54) is 16.7 Å². The number of hydrogen-bond acceptors (Lipinski definition) is 2. The van der Waals surface area contributed by atoms with Gasteiger partial charge in [-0.1, -0.05) is 36.4 Å². The summed E-state index contributed by atoms with van der Waals surface area (Å²) in [7, 11) is 1.72. The van der Waals surface area contributed by atoms with Crippen molar-refractivity contribution in [3.63, 3.8) is 0 Å². The highest BCUT2D eigenvalue weighted by molar-refractivity contribution is 5.33. The van der Waals surface area contributed by atoms with Gasteiger partial charge >= 0.3 is 0 Å². The monoisotopic (exact) mass is 267 g/mol. The Balaban J connectivity index is 1.49. The molecule has 104 valence electrons. The molecule has 20 heavy (non-hydrogen) atoms. The van der Waals surface area contributed by atoms with Crippen molar-refractivity contribution in [2.24, 2.45) is 0 Å². The minimum absolute atomic E-state index is 0.595. The zero-order valence-corrected chi connectivity index (χ0v) is 11.9. The Morgan fingerprint density at radius 3 is 2.50 bits per heavy atom. The van der Waals surface area contributed by atoms with E-state index in [1.54, 1.807) is 7.11 Å². The summed E-state index contributed by atoms with van der Waals surface area (Å²) in [5, 5.41) is 3.67. The van der Waals surface area contributed by atoms with Crippen molar-refractivity contribution < 1.29 is 4.74 Å². The van der Waals surface area contributed by atoms with E-state index in [-0.39, 0.29) is 0 Å². The molecule has 0 bridgehead atoms. The lowest BCUT2D eigenvalue weighted by Crippen LogP contribution is -2.31. The average Bonchev–Trinajstić information content (AvgIpc) is 2.90. The molecule has 1 N–H and O–H groups in total. The van der Waals surface area contributed by atoms with Gasteiger partial charge in [-0.05, 0) is 54.6 Å². The molecule has 0 spiro atoms. The Hall–Kier alpha value is -1.80. The minimum atomic E-state index is 0.595. The first-order valence-corrected chi connectivity index (χ1v) is 7.28. The molecule has 3 rings (SSSR count). The quantitative estimate of drug-likeness (QED) is 0.899. The number of fused-ring (bicyclic) bond motifs is 1. The van der Waals surface area contributed by atoms with Crippen LogP contribution >= 0.6 is 0 Å². The number of ether oxygens (including phenoxy) is 1. The van der Waals surface area contributed by atoms with Gasteiger partial charge in [0.25, 0.3) is 0 Å². The van der Waals surface area contributed by atoms with Crippen LogP contribution < -0.4 is 10.1 Å². The molecule has 2 heteroatoms. The van der Waals surface area contributed by atoms with Crippen LogP contribution in [0.4, 0.5) is 0 Å². The van der Waals surface area contributed by atoms with E-state index >= 15 is 0 Å². The molecule has 0 saturated heterocycles. The summed E-state index contributed by atoms with van der Waals surface area (Å²) in [6.45, 7) is 1.02. The maximum atomic E-state index is 5.26. The van der Waals surface area contributed by atoms with Crippen molar-refractivity contribution in [3.8, 4) is 5.75 Å². The van der Waals surface area contributed by atoms with E-state index in [9.17, 15) is 0 Å². The predicted molar refractivity (Wildman–Crippen MR) is 82.3 cm³/mol. The zero-order chi connectivity index (χ0) is 13.8. The van der Waals surface area contributed by atoms with Crippen LogP contribution in [0.15, 0.2) is 48.5 Å². The molecular formula is C18H21NO. The topological polar surface area (TPSA) is 21.3 Å². The van der Waals surface area contributed by atoms with Crippen molar-refractivity contribution >= 4 is 0 Å². The third-order valence-electron chi connectivity index (χ3n) is 4.03. The maximum absolute atomic E-state index is 5.26. The Bertz CT molecular complexity index is 554. The lowest BCUT2D eigenvalue weighted by Gasteiger charge is -2.12. The number of benzene rings is 2. The molecule has 0 radical (unpaired) electrons. The molecule has 2 nitrogen and oxygen atoms in total. The molecule has 1 aliphatic carbocycles. The summed E-state index contributed by atoms with van der Waals surface area (Å²) < 4.78 is 5.26. The van der Waals surface area contributed by atoms with Crippen LogP contribution in [-0.4, -0.2) is 19.7 Å². The fraction of sp³-hybridized carbons (Fsp3) is 0.333. The van der Waals surface area contributed by atoms with Gasteiger partial charge in [0, 0.05) is 6.04 Å². The van der Waals surface area contributed by atoms with Crippen molar-refractivity contribution in [1.29, 1.82) is 0 Å². The number of methoxy groups -OCH3 is 1. The summed E-state index contributed by atoms with van der Waals surface area (Å²) in [6.07, 6.45) is 3.37. The summed E-state index contributed by atoms with van der Waals surface area (Å²) in [5.41, 5.74) is 4.34. The molecule has 0 aromatic heterocycles. The molecule has 0 fully saturated rings. The molecule has 0 saturated carbocycles. The van der Waals surface area contributed by atoms with Crippen LogP contribution in [-0.2, 0) is 19.3 Å². The van der Waals surface area contributed by atoms with E-state index in [0.29, 0.717) is 6.04 Å². The Morgan fingerprint density at radius 1 is 1.05 bits per heavy atom. The smallest absolute Gasteiger partial charge is 0.119 e. The summed E-state index contributed by atoms with van der Waals surface area (Å²) >= 11 is 0. The number of rotatable bonds is 5. The Morgan fingerprint density at radius 2 is 1.80 bits per heavy atom. The summed E-state index contributed by atoms with van der Waals surface area (Å²) in [4.78, 5) is 0. The standard InChI is InChI=1S/C18H21NO/c1-20-18-8-4-5-14(11-18)9-10-19-17-12-15-6-2-3-7-16(15)13-17/h2-8,11,17,19H,9-10,12-13H2,1H3. The second kappa shape index (κ2) is 6.10. The normalized spacial score (nSPS) is 14.2. The highest BCUT2D eigenvalue weighted by Crippen LogP contribution is 2.21. The fourth-order valence-corrected chi connectivity index (χ4v) is 2.95. The molecule has 2 aromatic carbocycles. The Kier molecular flexibility index (Phi) is 4.03. The average molecular weight is 267 g/mol. The van der Waals surface area contributed by atoms with E-state index in [4.69, 9.17) is 4.74 Å². The van der Waals surface area contributed by atoms with E-state index < -0.39 is 0 Å². The predicted octanol–water partition coefficient (Wildman–Crippen LogP) is 2.99. The van der Waals surface area contributed by atoms with Gasteiger partial charge in [0.15, 0.2) is 0 Å². The maximum Gasteiger partial charge on any atom is 0.119 e. The van der Waals surface area contributed by atoms with Gasteiger partial charge in [-0.15, -0.1) is 0 Å². The molecular weight excluding hydrogens is 246 g/mol. The molecule has 2 aromatic rings. The zero-order valence-electron chi connectivity index (χ0n) is 11.9. The largest absolute Gasteiger partial charge is 0.497 e. The van der Waals surface area contributed by atoms with Crippen LogP contribution in [0.25, 0.3) is 0 Å². The van der Waals surface area contributed by atoms with Crippen molar-refractivity contribution in [2.75, 3.05) is 13.7 Å². The summed E-state index contributed by atoms with van der Waals surface area (Å²) in [5.74, 6) is 0.941. The van der Waals surface area contributed by atoms with Crippen molar-refractivity contribution in [1.82, 2.24) is 5.32 Å². The van der Waals surface area contributed by atoms with Crippen molar-refractivity contribution in [3.05, 3.63) is 65.2 Å². The van der Waals surface area contributed by atoms with Gasteiger partial charge in [0.05, 0.1) is 7.11 Å². The van der Waals surface area contributed by atoms with Gasteiger partial charge in [-0.2, -0.15) is 0 Å². The van der Waals surface area contributed by atoms with Crippen LogP contribution in [0.2, 0.25) is 0 Å². The lowest BCUT2D eigenvalue weighted by molar-refractivity contribution is 0.414. The van der Waals surface area contributed by atoms with Crippen LogP contribution in [0.5, 0.6) is 5.75 Å². The highest BCUT2D eigenvalue weighted by atomic mass is 16.5.